The molecule has 1 aliphatic rings. The van der Waals surface area contributed by atoms with Crippen LogP contribution in [0.4, 0.5) is 0 Å². The molecule has 0 spiro atoms. The van der Waals surface area contributed by atoms with Crippen molar-refractivity contribution in [3.8, 4) is 11.8 Å². The van der Waals surface area contributed by atoms with Crippen LogP contribution in [0.5, 0.6) is 0 Å². The topological polar surface area (TPSA) is 40.5 Å². The van der Waals surface area contributed by atoms with Gasteiger partial charge in [-0.05, 0) is 24.8 Å². The van der Waals surface area contributed by atoms with Gasteiger partial charge in [-0.3, -0.25) is 4.79 Å². The van der Waals surface area contributed by atoms with Crippen LogP contribution in [0.2, 0.25) is 0 Å². The molecule has 4 heteroatoms. The van der Waals surface area contributed by atoms with Gasteiger partial charge in [0.05, 0.1) is 10.4 Å². The lowest BCUT2D eigenvalue weighted by molar-refractivity contribution is 0.0789. The summed E-state index contributed by atoms with van der Waals surface area (Å²) in [5.41, 5.74) is 0.695. The van der Waals surface area contributed by atoms with Gasteiger partial charge < -0.3 is 10.0 Å². The van der Waals surface area contributed by atoms with E-state index in [1.54, 1.807) is 11.0 Å². The van der Waals surface area contributed by atoms with Gasteiger partial charge in [0.15, 0.2) is 0 Å². The molecular weight excluding hydrogens is 234 g/mol. The van der Waals surface area contributed by atoms with E-state index in [2.05, 4.69) is 11.8 Å². The molecule has 0 saturated heterocycles. The molecule has 3 nitrogen and oxygen atoms in total. The van der Waals surface area contributed by atoms with Gasteiger partial charge in [0.25, 0.3) is 5.91 Å². The van der Waals surface area contributed by atoms with Crippen LogP contribution < -0.4 is 0 Å². The molecule has 0 atom stereocenters. The summed E-state index contributed by atoms with van der Waals surface area (Å²) < 4.78 is 0. The minimum Gasteiger partial charge on any atom is -0.384 e. The van der Waals surface area contributed by atoms with Gasteiger partial charge in [-0.1, -0.05) is 11.8 Å². The average molecular weight is 249 g/mol. The third-order valence-corrected chi connectivity index (χ3v) is 3.56. The Morgan fingerprint density at radius 1 is 1.65 bits per heavy atom. The fraction of sp³-hybridized carbons (Fsp3) is 0.462. The van der Waals surface area contributed by atoms with Crippen LogP contribution in [0.25, 0.3) is 0 Å². The van der Waals surface area contributed by atoms with Crippen LogP contribution in [0.15, 0.2) is 11.4 Å². The average Bonchev–Trinajstić information content (AvgIpc) is 3.01. The lowest BCUT2D eigenvalue weighted by Crippen LogP contribution is -2.28. The highest BCUT2D eigenvalue weighted by Gasteiger charge is 2.25. The fourth-order valence-corrected chi connectivity index (χ4v) is 2.38. The fourth-order valence-electron chi connectivity index (χ4n) is 1.63. The summed E-state index contributed by atoms with van der Waals surface area (Å²) in [6, 6.07) is 1.79. The molecular formula is C13H15NO2S. The van der Waals surface area contributed by atoms with Crippen molar-refractivity contribution < 1.29 is 9.90 Å². The quantitative estimate of drug-likeness (QED) is 0.826. The smallest absolute Gasteiger partial charge is 0.254 e. The molecule has 1 aliphatic carbocycles. The third-order valence-electron chi connectivity index (χ3n) is 2.71. The lowest BCUT2D eigenvalue weighted by atomic mass is 10.2. The number of aliphatic hydroxyl groups excluding tert-OH is 1. The van der Waals surface area contributed by atoms with E-state index in [9.17, 15) is 4.79 Å². The van der Waals surface area contributed by atoms with Crippen molar-refractivity contribution in [1.82, 2.24) is 4.90 Å². The van der Waals surface area contributed by atoms with Gasteiger partial charge in [0.1, 0.15) is 6.61 Å². The number of carbonyl (C=O) groups is 1. The summed E-state index contributed by atoms with van der Waals surface area (Å²) >= 11 is 1.44. The SMILES string of the molecule is CN(CC1CC1)C(=O)c1csc(C#CCO)c1. The van der Waals surface area contributed by atoms with Crippen molar-refractivity contribution in [2.24, 2.45) is 5.92 Å². The first kappa shape index (κ1) is 12.2. The van der Waals surface area contributed by atoms with Crippen molar-refractivity contribution in [1.29, 1.82) is 0 Å². The summed E-state index contributed by atoms with van der Waals surface area (Å²) in [6.07, 6.45) is 2.49. The summed E-state index contributed by atoms with van der Waals surface area (Å²) in [7, 11) is 1.84. The molecule has 1 amide bonds. The van der Waals surface area contributed by atoms with E-state index in [0.717, 1.165) is 11.4 Å². The molecule has 90 valence electrons. The highest BCUT2D eigenvalue weighted by Crippen LogP contribution is 2.29. The summed E-state index contributed by atoms with van der Waals surface area (Å²) in [6.45, 7) is 0.703. The Bertz CT molecular complexity index is 465. The molecule has 17 heavy (non-hydrogen) atoms. The zero-order valence-corrected chi connectivity index (χ0v) is 10.6. The second-order valence-electron chi connectivity index (χ2n) is 4.29. The second-order valence-corrected chi connectivity index (χ2v) is 5.20. The molecule has 1 N–H and O–H groups in total. The minimum absolute atomic E-state index is 0.0604. The first-order valence-corrected chi connectivity index (χ1v) is 6.52. The van der Waals surface area contributed by atoms with E-state index >= 15 is 0 Å². The Kier molecular flexibility index (Phi) is 3.82. The molecule has 0 bridgehead atoms. The Labute approximate surface area is 105 Å². The van der Waals surface area contributed by atoms with Crippen LogP contribution >= 0.6 is 11.3 Å². The maximum absolute atomic E-state index is 12.0. The molecule has 1 saturated carbocycles. The van der Waals surface area contributed by atoms with Crippen LogP contribution in [0.3, 0.4) is 0 Å². The zero-order valence-electron chi connectivity index (χ0n) is 9.77. The molecule has 2 rings (SSSR count). The van der Waals surface area contributed by atoms with Crippen LogP contribution in [-0.2, 0) is 0 Å². The molecule has 1 aromatic heterocycles. The number of aliphatic hydroxyl groups is 1. The van der Waals surface area contributed by atoms with Crippen molar-refractivity contribution in [2.75, 3.05) is 20.2 Å². The number of thiophene rings is 1. The molecule has 0 aliphatic heterocycles. The number of rotatable bonds is 3. The maximum atomic E-state index is 12.0. The Balaban J connectivity index is 2.00. The lowest BCUT2D eigenvalue weighted by Gasteiger charge is -2.15. The van der Waals surface area contributed by atoms with Gasteiger partial charge in [0.2, 0.25) is 0 Å². The highest BCUT2D eigenvalue weighted by atomic mass is 32.1. The molecule has 1 heterocycles. The van der Waals surface area contributed by atoms with E-state index in [4.69, 9.17) is 5.11 Å². The van der Waals surface area contributed by atoms with Crippen molar-refractivity contribution in [3.05, 3.63) is 21.9 Å². The van der Waals surface area contributed by atoms with Gasteiger partial charge >= 0.3 is 0 Å². The molecule has 0 unspecified atom stereocenters. The third kappa shape index (κ3) is 3.32. The van der Waals surface area contributed by atoms with E-state index in [-0.39, 0.29) is 12.5 Å². The van der Waals surface area contributed by atoms with Gasteiger partial charge in [-0.15, -0.1) is 11.3 Å². The number of hydrogen-bond acceptors (Lipinski definition) is 3. The number of hydrogen-bond donors (Lipinski definition) is 1. The summed E-state index contributed by atoms with van der Waals surface area (Å²) in [5, 5.41) is 10.4. The Morgan fingerprint density at radius 3 is 3.06 bits per heavy atom. The molecule has 0 radical (unpaired) electrons. The molecule has 0 aromatic carbocycles. The van der Waals surface area contributed by atoms with Gasteiger partial charge in [-0.2, -0.15) is 0 Å². The standard InChI is InChI=1S/C13H15NO2S/c1-14(8-10-4-5-10)13(16)11-7-12(17-9-11)3-2-6-15/h7,9-10,15H,4-6,8H2,1H3. The first-order chi connectivity index (χ1) is 8.20. The van der Waals surface area contributed by atoms with Crippen molar-refractivity contribution in [3.63, 3.8) is 0 Å². The largest absolute Gasteiger partial charge is 0.384 e. The van der Waals surface area contributed by atoms with Crippen LogP contribution in [0, 0.1) is 17.8 Å². The number of amides is 1. The van der Waals surface area contributed by atoms with Crippen molar-refractivity contribution in [2.45, 2.75) is 12.8 Å². The van der Waals surface area contributed by atoms with Gasteiger partial charge in [-0.25, -0.2) is 0 Å². The first-order valence-electron chi connectivity index (χ1n) is 5.64. The van der Waals surface area contributed by atoms with Crippen LogP contribution in [0.1, 0.15) is 28.1 Å². The van der Waals surface area contributed by atoms with E-state index in [1.807, 2.05) is 12.4 Å². The normalized spacial score (nSPS) is 14.0. The number of nitrogens with zero attached hydrogens (tertiary/aromatic N) is 1. The van der Waals surface area contributed by atoms with Crippen LogP contribution in [-0.4, -0.2) is 36.1 Å². The minimum atomic E-state index is -0.150. The van der Waals surface area contributed by atoms with E-state index in [1.165, 1.54) is 24.2 Å². The van der Waals surface area contributed by atoms with E-state index in [0.29, 0.717) is 11.5 Å². The zero-order chi connectivity index (χ0) is 12.3. The summed E-state index contributed by atoms with van der Waals surface area (Å²) in [4.78, 5) is 14.6. The highest BCUT2D eigenvalue weighted by molar-refractivity contribution is 7.10. The summed E-state index contributed by atoms with van der Waals surface area (Å²) in [5.74, 6) is 6.15. The predicted molar refractivity (Wildman–Crippen MR) is 68.0 cm³/mol. The monoisotopic (exact) mass is 249 g/mol. The Morgan fingerprint density at radius 2 is 2.41 bits per heavy atom. The second kappa shape index (κ2) is 5.35. The van der Waals surface area contributed by atoms with Crippen molar-refractivity contribution >= 4 is 17.2 Å². The van der Waals surface area contributed by atoms with E-state index < -0.39 is 0 Å². The Hall–Kier alpha value is -1.31. The predicted octanol–water partition coefficient (Wildman–Crippen LogP) is 1.57. The molecule has 1 fully saturated rings. The maximum Gasteiger partial charge on any atom is 0.254 e. The number of carbonyl (C=O) groups excluding carboxylic acids is 1. The molecule has 1 aromatic rings. The van der Waals surface area contributed by atoms with Gasteiger partial charge in [0, 0.05) is 19.0 Å².